The standard InChI is InChI=1S/C30H37N5O3/c1-29(17-7-5-14-25(29)16-22-38-23-27(37)31-28-32-34-35-33-28)18-8-6-15-26(36)30(20-10-21-30)19-9-13-24-11-3-2-4-12-24/h2-4,6,8,11-12,15-16,18,26,36H,5,7,10,14,17,19-23H2,1H3,(H2,31,32,33,34,35,37)/b15-6+,18-8+,25-16+. The fourth-order valence-electron chi connectivity index (χ4n) is 5.16. The first-order valence-corrected chi connectivity index (χ1v) is 13.4. The molecule has 1 heterocycles. The molecular weight excluding hydrogens is 478 g/mol. The van der Waals surface area contributed by atoms with E-state index in [1.807, 2.05) is 42.5 Å². The molecule has 2 fully saturated rings. The van der Waals surface area contributed by atoms with E-state index in [0.29, 0.717) is 13.0 Å². The number of amides is 1. The maximum atomic E-state index is 11.9. The monoisotopic (exact) mass is 515 g/mol. The van der Waals surface area contributed by atoms with Crippen molar-refractivity contribution in [2.45, 2.75) is 64.4 Å². The molecule has 8 nitrogen and oxygen atoms in total. The summed E-state index contributed by atoms with van der Waals surface area (Å²) in [6.07, 6.45) is 18.0. The summed E-state index contributed by atoms with van der Waals surface area (Å²) in [6.45, 7) is 2.52. The van der Waals surface area contributed by atoms with Crippen molar-refractivity contribution < 1.29 is 14.6 Å². The second-order valence-corrected chi connectivity index (χ2v) is 10.4. The number of rotatable bonds is 10. The number of hydrogen-bond acceptors (Lipinski definition) is 6. The van der Waals surface area contributed by atoms with Crippen LogP contribution in [0.2, 0.25) is 0 Å². The quantitative estimate of drug-likeness (QED) is 0.182. The fraction of sp³-hybridized carbons (Fsp3) is 0.467. The van der Waals surface area contributed by atoms with Crippen molar-refractivity contribution in [2.75, 3.05) is 18.5 Å². The third-order valence-corrected chi connectivity index (χ3v) is 7.70. The molecule has 0 radical (unpaired) electrons. The van der Waals surface area contributed by atoms with Gasteiger partial charge in [-0.1, -0.05) is 90.9 Å². The van der Waals surface area contributed by atoms with Gasteiger partial charge in [-0.3, -0.25) is 10.1 Å². The summed E-state index contributed by atoms with van der Waals surface area (Å²) < 4.78 is 5.56. The molecule has 2 atom stereocenters. The number of nitrogens with one attached hydrogen (secondary N) is 2. The van der Waals surface area contributed by atoms with E-state index >= 15 is 0 Å². The minimum atomic E-state index is -0.507. The van der Waals surface area contributed by atoms with Crippen molar-refractivity contribution in [1.82, 2.24) is 20.6 Å². The Kier molecular flexibility index (Phi) is 9.63. The second-order valence-electron chi connectivity index (χ2n) is 10.4. The number of aromatic amines is 1. The molecule has 2 aliphatic rings. The lowest BCUT2D eigenvalue weighted by atomic mass is 9.63. The Labute approximate surface area is 224 Å². The predicted molar refractivity (Wildman–Crippen MR) is 147 cm³/mol. The fourth-order valence-corrected chi connectivity index (χ4v) is 5.16. The maximum absolute atomic E-state index is 11.9. The van der Waals surface area contributed by atoms with Crippen LogP contribution in [0.4, 0.5) is 5.95 Å². The van der Waals surface area contributed by atoms with Crippen molar-refractivity contribution in [3.05, 3.63) is 71.8 Å². The number of H-pyrrole nitrogens is 1. The lowest BCUT2D eigenvalue weighted by Crippen LogP contribution is -2.40. The van der Waals surface area contributed by atoms with Crippen LogP contribution in [0, 0.1) is 22.7 Å². The Balaban J connectivity index is 1.28. The van der Waals surface area contributed by atoms with E-state index in [4.69, 9.17) is 4.74 Å². The zero-order valence-corrected chi connectivity index (χ0v) is 22.0. The molecule has 8 heteroatoms. The number of aliphatic hydroxyl groups is 1. The van der Waals surface area contributed by atoms with Crippen LogP contribution >= 0.6 is 0 Å². The number of hydrogen-bond donors (Lipinski definition) is 3. The normalized spacial score (nSPS) is 22.6. The van der Waals surface area contributed by atoms with E-state index in [2.05, 4.69) is 62.9 Å². The summed E-state index contributed by atoms with van der Waals surface area (Å²) in [5, 5.41) is 26.5. The molecule has 1 amide bonds. The molecule has 2 unspecified atom stereocenters. The number of ether oxygens (including phenoxy) is 1. The highest BCUT2D eigenvalue weighted by Crippen LogP contribution is 2.47. The molecule has 0 aliphatic heterocycles. The predicted octanol–water partition coefficient (Wildman–Crippen LogP) is 4.75. The summed E-state index contributed by atoms with van der Waals surface area (Å²) in [6, 6.07) is 10.00. The number of tetrazole rings is 1. The first-order valence-electron chi connectivity index (χ1n) is 13.4. The van der Waals surface area contributed by atoms with Crippen molar-refractivity contribution in [3.8, 4) is 11.8 Å². The van der Waals surface area contributed by atoms with Gasteiger partial charge in [0.05, 0.1) is 12.7 Å². The zero-order valence-electron chi connectivity index (χ0n) is 22.0. The Hall–Kier alpha value is -3.54. The molecule has 3 N–H and O–H groups in total. The van der Waals surface area contributed by atoms with E-state index in [1.54, 1.807) is 0 Å². The van der Waals surface area contributed by atoms with Gasteiger partial charge in [0.2, 0.25) is 0 Å². The SMILES string of the molecule is CC1(/C=C/C=C/C(O)C2(CC#Cc3ccccc3)CCC2)CCCC/C1=C\COCC(=O)Nc1nn[nH]n1. The van der Waals surface area contributed by atoms with Crippen molar-refractivity contribution in [1.29, 1.82) is 0 Å². The van der Waals surface area contributed by atoms with Crippen LogP contribution in [0.1, 0.15) is 63.9 Å². The third-order valence-electron chi connectivity index (χ3n) is 7.70. The first-order chi connectivity index (χ1) is 18.5. The van der Waals surface area contributed by atoms with Gasteiger partial charge in [0.1, 0.15) is 6.61 Å². The topological polar surface area (TPSA) is 113 Å². The molecule has 2 saturated carbocycles. The second kappa shape index (κ2) is 13.3. The van der Waals surface area contributed by atoms with Gasteiger partial charge >= 0.3 is 0 Å². The number of carbonyl (C=O) groups is 1. The van der Waals surface area contributed by atoms with Gasteiger partial charge in [0, 0.05) is 22.8 Å². The highest BCUT2D eigenvalue weighted by Gasteiger charge is 2.41. The highest BCUT2D eigenvalue weighted by molar-refractivity contribution is 5.89. The van der Waals surface area contributed by atoms with Gasteiger partial charge in [-0.15, -0.1) is 5.10 Å². The molecule has 200 valence electrons. The molecule has 1 aromatic carbocycles. The lowest BCUT2D eigenvalue weighted by molar-refractivity contribution is -0.120. The van der Waals surface area contributed by atoms with Crippen LogP contribution in [0.25, 0.3) is 0 Å². The summed E-state index contributed by atoms with van der Waals surface area (Å²) in [7, 11) is 0. The largest absolute Gasteiger partial charge is 0.388 e. The van der Waals surface area contributed by atoms with Crippen molar-refractivity contribution >= 4 is 11.9 Å². The van der Waals surface area contributed by atoms with E-state index in [0.717, 1.165) is 44.1 Å². The van der Waals surface area contributed by atoms with Gasteiger partial charge < -0.3 is 9.84 Å². The Morgan fingerprint density at radius 3 is 2.79 bits per heavy atom. The summed E-state index contributed by atoms with van der Waals surface area (Å²) in [4.78, 5) is 11.9. The van der Waals surface area contributed by atoms with Gasteiger partial charge in [0.25, 0.3) is 11.9 Å². The minimum absolute atomic E-state index is 0.0703. The molecular formula is C30H37N5O3. The average Bonchev–Trinajstić information content (AvgIpc) is 3.40. The zero-order chi connectivity index (χ0) is 26.7. The van der Waals surface area contributed by atoms with Crippen molar-refractivity contribution in [3.63, 3.8) is 0 Å². The lowest BCUT2D eigenvalue weighted by Gasteiger charge is -2.43. The first kappa shape index (κ1) is 27.5. The maximum Gasteiger partial charge on any atom is 0.269 e. The highest BCUT2D eigenvalue weighted by atomic mass is 16.5. The Morgan fingerprint density at radius 1 is 1.21 bits per heavy atom. The molecule has 0 spiro atoms. The Morgan fingerprint density at radius 2 is 2.05 bits per heavy atom. The van der Waals surface area contributed by atoms with Crippen LogP contribution in [-0.4, -0.2) is 51.0 Å². The molecule has 4 rings (SSSR count). The average molecular weight is 516 g/mol. The molecule has 38 heavy (non-hydrogen) atoms. The molecule has 1 aromatic heterocycles. The van der Waals surface area contributed by atoms with Gasteiger partial charge in [-0.2, -0.15) is 5.21 Å². The summed E-state index contributed by atoms with van der Waals surface area (Å²) in [5.74, 6) is 6.34. The van der Waals surface area contributed by atoms with Crippen LogP contribution < -0.4 is 5.32 Å². The minimum Gasteiger partial charge on any atom is -0.388 e. The van der Waals surface area contributed by atoms with Crippen LogP contribution in [0.3, 0.4) is 0 Å². The number of allylic oxidation sites excluding steroid dienone is 4. The van der Waals surface area contributed by atoms with E-state index < -0.39 is 6.10 Å². The number of aliphatic hydroxyl groups excluding tert-OH is 1. The van der Waals surface area contributed by atoms with E-state index in [1.165, 1.54) is 12.0 Å². The summed E-state index contributed by atoms with van der Waals surface area (Å²) >= 11 is 0. The van der Waals surface area contributed by atoms with Gasteiger partial charge in [-0.25, -0.2) is 0 Å². The van der Waals surface area contributed by atoms with E-state index in [-0.39, 0.29) is 29.3 Å². The molecule has 2 aromatic rings. The molecule has 2 aliphatic carbocycles. The number of anilines is 1. The Bertz CT molecular complexity index is 1190. The van der Waals surface area contributed by atoms with Gasteiger partial charge in [-0.05, 0) is 49.5 Å². The number of benzene rings is 1. The number of aromatic nitrogens is 4. The van der Waals surface area contributed by atoms with E-state index in [9.17, 15) is 9.90 Å². The third kappa shape index (κ3) is 7.50. The summed E-state index contributed by atoms with van der Waals surface area (Å²) in [5.41, 5.74) is 2.12. The van der Waals surface area contributed by atoms with Gasteiger partial charge in [0.15, 0.2) is 0 Å². The van der Waals surface area contributed by atoms with Crippen LogP contribution in [0.15, 0.2) is 66.3 Å². The van der Waals surface area contributed by atoms with Crippen LogP contribution in [0.5, 0.6) is 0 Å². The molecule has 0 saturated heterocycles. The smallest absolute Gasteiger partial charge is 0.269 e. The number of carbonyl (C=O) groups excluding carboxylic acids is 1. The van der Waals surface area contributed by atoms with Crippen LogP contribution in [-0.2, 0) is 9.53 Å². The molecule has 0 bridgehead atoms. The number of nitrogens with zero attached hydrogens (tertiary/aromatic N) is 3. The van der Waals surface area contributed by atoms with Crippen molar-refractivity contribution in [2.24, 2.45) is 10.8 Å².